The highest BCUT2D eigenvalue weighted by molar-refractivity contribution is 6.32. The molecule has 3 atom stereocenters. The monoisotopic (exact) mass is 393 g/mol. The standard InChI is InChI=1S/C20H28ClN3O3/c1-14(27-18-9-3-2-7-16(18)21)20(26)24-11-5-6-15(13-24)12-23-19(25)17-8-4-10-22-17/h2-3,7,9,14-15,17,22H,4-6,8,10-13H2,1H3,(H,23,25). The number of rotatable bonds is 6. The molecule has 6 nitrogen and oxygen atoms in total. The summed E-state index contributed by atoms with van der Waals surface area (Å²) in [5, 5.41) is 6.75. The zero-order valence-electron chi connectivity index (χ0n) is 15.7. The van der Waals surface area contributed by atoms with E-state index in [-0.39, 0.29) is 23.8 Å². The van der Waals surface area contributed by atoms with Crippen LogP contribution in [0.5, 0.6) is 5.75 Å². The first kappa shape index (κ1) is 20.0. The fraction of sp³-hybridized carbons (Fsp3) is 0.600. The van der Waals surface area contributed by atoms with Crippen LogP contribution >= 0.6 is 11.6 Å². The molecule has 0 aromatic heterocycles. The van der Waals surface area contributed by atoms with Crippen molar-refractivity contribution in [2.24, 2.45) is 5.92 Å². The van der Waals surface area contributed by atoms with Crippen LogP contribution < -0.4 is 15.4 Å². The minimum absolute atomic E-state index is 0.0385. The minimum atomic E-state index is -0.596. The molecule has 0 aliphatic carbocycles. The third kappa shape index (κ3) is 5.36. The van der Waals surface area contributed by atoms with E-state index in [2.05, 4.69) is 10.6 Å². The molecule has 148 valence electrons. The fourth-order valence-electron chi connectivity index (χ4n) is 3.75. The van der Waals surface area contributed by atoms with Gasteiger partial charge in [0.1, 0.15) is 5.75 Å². The number of carbonyl (C=O) groups excluding carboxylic acids is 2. The molecule has 1 aromatic rings. The molecule has 2 amide bonds. The molecule has 2 fully saturated rings. The summed E-state index contributed by atoms with van der Waals surface area (Å²) in [4.78, 5) is 26.8. The van der Waals surface area contributed by atoms with Gasteiger partial charge in [-0.2, -0.15) is 0 Å². The number of hydrogen-bond donors (Lipinski definition) is 2. The Morgan fingerprint density at radius 2 is 2.15 bits per heavy atom. The van der Waals surface area contributed by atoms with Crippen LogP contribution in [0, 0.1) is 5.92 Å². The number of halogens is 1. The highest BCUT2D eigenvalue weighted by atomic mass is 35.5. The van der Waals surface area contributed by atoms with Crippen LogP contribution in [0.1, 0.15) is 32.6 Å². The van der Waals surface area contributed by atoms with E-state index in [1.165, 1.54) is 0 Å². The number of benzene rings is 1. The topological polar surface area (TPSA) is 70.7 Å². The van der Waals surface area contributed by atoms with Gasteiger partial charge < -0.3 is 20.3 Å². The molecule has 27 heavy (non-hydrogen) atoms. The van der Waals surface area contributed by atoms with Gasteiger partial charge in [-0.25, -0.2) is 0 Å². The molecule has 0 saturated carbocycles. The summed E-state index contributed by atoms with van der Waals surface area (Å²) in [6.07, 6.45) is 3.31. The second-order valence-electron chi connectivity index (χ2n) is 7.38. The molecule has 3 rings (SSSR count). The highest BCUT2D eigenvalue weighted by Gasteiger charge is 2.29. The van der Waals surface area contributed by atoms with Crippen LogP contribution in [-0.2, 0) is 9.59 Å². The number of para-hydroxylation sites is 1. The first-order valence-electron chi connectivity index (χ1n) is 9.75. The van der Waals surface area contributed by atoms with Gasteiger partial charge >= 0.3 is 0 Å². The summed E-state index contributed by atoms with van der Waals surface area (Å²) in [5.74, 6) is 0.834. The SMILES string of the molecule is CC(Oc1ccccc1Cl)C(=O)N1CCCC(CNC(=O)C2CCCN2)C1. The van der Waals surface area contributed by atoms with Crippen molar-refractivity contribution in [3.05, 3.63) is 29.3 Å². The van der Waals surface area contributed by atoms with Crippen LogP contribution in [0.25, 0.3) is 0 Å². The van der Waals surface area contributed by atoms with Crippen LogP contribution in [0.2, 0.25) is 5.02 Å². The van der Waals surface area contributed by atoms with Gasteiger partial charge in [-0.05, 0) is 57.2 Å². The number of nitrogens with zero attached hydrogens (tertiary/aromatic N) is 1. The number of piperidine rings is 1. The lowest BCUT2D eigenvalue weighted by Crippen LogP contribution is -2.49. The van der Waals surface area contributed by atoms with Crippen LogP contribution in [-0.4, -0.2) is 55.0 Å². The maximum absolute atomic E-state index is 12.8. The van der Waals surface area contributed by atoms with Crippen molar-refractivity contribution in [3.8, 4) is 5.75 Å². The summed E-state index contributed by atoms with van der Waals surface area (Å²) >= 11 is 6.11. The lowest BCUT2D eigenvalue weighted by Gasteiger charge is -2.34. The average Bonchev–Trinajstić information content (AvgIpc) is 3.22. The molecule has 0 radical (unpaired) electrons. The van der Waals surface area contributed by atoms with Crippen molar-refractivity contribution >= 4 is 23.4 Å². The lowest BCUT2D eigenvalue weighted by atomic mass is 9.97. The van der Waals surface area contributed by atoms with Crippen LogP contribution in [0.3, 0.4) is 0 Å². The zero-order chi connectivity index (χ0) is 19.2. The highest BCUT2D eigenvalue weighted by Crippen LogP contribution is 2.25. The Hall–Kier alpha value is -1.79. The summed E-state index contributed by atoms with van der Waals surface area (Å²) in [7, 11) is 0. The van der Waals surface area contributed by atoms with E-state index in [1.54, 1.807) is 19.1 Å². The Bertz CT molecular complexity index is 664. The summed E-state index contributed by atoms with van der Waals surface area (Å²) in [5.41, 5.74) is 0. The largest absolute Gasteiger partial charge is 0.479 e. The van der Waals surface area contributed by atoms with Gasteiger partial charge in [0.25, 0.3) is 5.91 Å². The van der Waals surface area contributed by atoms with Crippen molar-refractivity contribution in [2.45, 2.75) is 44.8 Å². The quantitative estimate of drug-likeness (QED) is 0.777. The Morgan fingerprint density at radius 3 is 2.89 bits per heavy atom. The summed E-state index contributed by atoms with van der Waals surface area (Å²) < 4.78 is 5.76. The van der Waals surface area contributed by atoms with Crippen molar-refractivity contribution in [3.63, 3.8) is 0 Å². The molecule has 2 aliphatic heterocycles. The molecule has 1 aromatic carbocycles. The number of ether oxygens (including phenoxy) is 1. The normalized spacial score (nSPS) is 23.7. The zero-order valence-corrected chi connectivity index (χ0v) is 16.5. The maximum Gasteiger partial charge on any atom is 0.263 e. The second kappa shape index (κ2) is 9.42. The van der Waals surface area contributed by atoms with E-state index in [1.807, 2.05) is 17.0 Å². The molecule has 2 saturated heterocycles. The van der Waals surface area contributed by atoms with E-state index in [4.69, 9.17) is 16.3 Å². The first-order chi connectivity index (χ1) is 13.0. The van der Waals surface area contributed by atoms with Crippen molar-refractivity contribution in [1.82, 2.24) is 15.5 Å². The van der Waals surface area contributed by atoms with Gasteiger partial charge in [0.15, 0.2) is 6.10 Å². The number of hydrogen-bond acceptors (Lipinski definition) is 4. The molecule has 2 heterocycles. The Balaban J connectivity index is 1.48. The lowest BCUT2D eigenvalue weighted by molar-refractivity contribution is -0.139. The molecule has 2 aliphatic rings. The van der Waals surface area contributed by atoms with E-state index < -0.39 is 6.10 Å². The number of carbonyl (C=O) groups is 2. The van der Waals surface area contributed by atoms with Gasteiger partial charge in [0.2, 0.25) is 5.91 Å². The molecule has 0 bridgehead atoms. The predicted octanol–water partition coefficient (Wildman–Crippen LogP) is 2.21. The van der Waals surface area contributed by atoms with Crippen molar-refractivity contribution < 1.29 is 14.3 Å². The van der Waals surface area contributed by atoms with E-state index in [9.17, 15) is 9.59 Å². The molecule has 3 unspecified atom stereocenters. The van der Waals surface area contributed by atoms with E-state index in [0.717, 1.165) is 38.8 Å². The average molecular weight is 394 g/mol. The molecule has 7 heteroatoms. The van der Waals surface area contributed by atoms with Gasteiger partial charge in [-0.1, -0.05) is 23.7 Å². The molecular formula is C20H28ClN3O3. The maximum atomic E-state index is 12.8. The van der Waals surface area contributed by atoms with Gasteiger partial charge in [-0.3, -0.25) is 9.59 Å². The fourth-order valence-corrected chi connectivity index (χ4v) is 3.93. The predicted molar refractivity (Wildman–Crippen MR) is 105 cm³/mol. The second-order valence-corrected chi connectivity index (χ2v) is 7.78. The Kier molecular flexibility index (Phi) is 6.96. The smallest absolute Gasteiger partial charge is 0.263 e. The number of amides is 2. The van der Waals surface area contributed by atoms with Crippen LogP contribution in [0.4, 0.5) is 0 Å². The molecular weight excluding hydrogens is 366 g/mol. The Labute approximate surface area is 165 Å². The number of nitrogens with one attached hydrogen (secondary N) is 2. The van der Waals surface area contributed by atoms with Gasteiger partial charge in [0.05, 0.1) is 11.1 Å². The van der Waals surface area contributed by atoms with E-state index in [0.29, 0.717) is 23.9 Å². The minimum Gasteiger partial charge on any atom is -0.479 e. The Morgan fingerprint density at radius 1 is 1.33 bits per heavy atom. The first-order valence-corrected chi connectivity index (χ1v) is 10.1. The molecule has 0 spiro atoms. The van der Waals surface area contributed by atoms with E-state index >= 15 is 0 Å². The number of likely N-dealkylation sites (tertiary alicyclic amines) is 1. The molecule has 2 N–H and O–H groups in total. The van der Waals surface area contributed by atoms with Gasteiger partial charge in [-0.15, -0.1) is 0 Å². The van der Waals surface area contributed by atoms with Gasteiger partial charge in [0, 0.05) is 19.6 Å². The van der Waals surface area contributed by atoms with Crippen molar-refractivity contribution in [2.75, 3.05) is 26.2 Å². The van der Waals surface area contributed by atoms with Crippen molar-refractivity contribution in [1.29, 1.82) is 0 Å². The summed E-state index contributed by atoms with van der Waals surface area (Å²) in [6, 6.07) is 7.10. The summed E-state index contributed by atoms with van der Waals surface area (Å²) in [6.45, 7) is 4.65. The van der Waals surface area contributed by atoms with Crippen LogP contribution in [0.15, 0.2) is 24.3 Å². The third-order valence-electron chi connectivity index (χ3n) is 5.26. The third-order valence-corrected chi connectivity index (χ3v) is 5.57.